The molecule has 3 aromatic carbocycles. The number of methoxy groups -OCH3 is 1. The molecule has 1 aliphatic heterocycles. The van der Waals surface area contributed by atoms with E-state index in [0.717, 1.165) is 33.4 Å². The Labute approximate surface area is 189 Å². The lowest BCUT2D eigenvalue weighted by atomic mass is 9.48. The van der Waals surface area contributed by atoms with E-state index in [1.165, 1.54) is 13.2 Å². The van der Waals surface area contributed by atoms with Gasteiger partial charge in [0, 0.05) is 5.92 Å². The van der Waals surface area contributed by atoms with Gasteiger partial charge >= 0.3 is 5.97 Å². The molecule has 3 aliphatic carbocycles. The summed E-state index contributed by atoms with van der Waals surface area (Å²) in [6, 6.07) is 21.5. The predicted molar refractivity (Wildman–Crippen MR) is 119 cm³/mol. The summed E-state index contributed by atoms with van der Waals surface area (Å²) >= 11 is 0. The molecule has 6 heteroatoms. The number of ether oxygens (including phenoxy) is 1. The van der Waals surface area contributed by atoms with Gasteiger partial charge in [0.05, 0.1) is 35.6 Å². The average molecular weight is 437 g/mol. The van der Waals surface area contributed by atoms with Crippen LogP contribution in [0.1, 0.15) is 38.5 Å². The van der Waals surface area contributed by atoms with Crippen LogP contribution in [0.2, 0.25) is 0 Å². The van der Waals surface area contributed by atoms with Crippen LogP contribution >= 0.6 is 0 Å². The first-order valence-electron chi connectivity index (χ1n) is 10.8. The minimum absolute atomic E-state index is 0.128. The maximum Gasteiger partial charge on any atom is 0.339 e. The van der Waals surface area contributed by atoms with Crippen LogP contribution in [0.25, 0.3) is 0 Å². The third kappa shape index (κ3) is 2.22. The van der Waals surface area contributed by atoms with Crippen molar-refractivity contribution < 1.29 is 23.9 Å². The lowest BCUT2D eigenvalue weighted by molar-refractivity contribution is -0.128. The number of hydrogen-bond acceptors (Lipinski definition) is 5. The van der Waals surface area contributed by atoms with Gasteiger partial charge in [-0.25, -0.2) is 9.69 Å². The molecule has 0 N–H and O–H groups in total. The highest BCUT2D eigenvalue weighted by Gasteiger charge is 2.68. The summed E-state index contributed by atoms with van der Waals surface area (Å²) in [5, 5.41) is 0. The quantitative estimate of drug-likeness (QED) is 0.357. The van der Waals surface area contributed by atoms with Gasteiger partial charge in [0.1, 0.15) is 6.29 Å². The number of para-hydroxylation sites is 1. The molecule has 0 aromatic heterocycles. The monoisotopic (exact) mass is 437 g/mol. The highest BCUT2D eigenvalue weighted by molar-refractivity contribution is 6.26. The van der Waals surface area contributed by atoms with Crippen molar-refractivity contribution in [1.82, 2.24) is 0 Å². The summed E-state index contributed by atoms with van der Waals surface area (Å²) in [7, 11) is 1.25. The zero-order valence-corrected chi connectivity index (χ0v) is 17.7. The SMILES string of the molecule is COC(=O)c1ccccc1N1C(=O)[C@@H]2C3c4ccccc4C(C=O)(c4ccccc43)[C@H]2C1=O. The molecule has 0 saturated carbocycles. The van der Waals surface area contributed by atoms with E-state index in [1.807, 2.05) is 48.5 Å². The molecule has 7 rings (SSSR count). The van der Waals surface area contributed by atoms with Crippen LogP contribution in [0.15, 0.2) is 72.8 Å². The topological polar surface area (TPSA) is 80.8 Å². The highest BCUT2D eigenvalue weighted by atomic mass is 16.5. The number of imide groups is 1. The molecule has 1 heterocycles. The first-order valence-corrected chi connectivity index (χ1v) is 10.8. The first-order chi connectivity index (χ1) is 16.1. The number of carbonyl (C=O) groups excluding carboxylic acids is 4. The minimum Gasteiger partial charge on any atom is -0.465 e. The number of amides is 2. The van der Waals surface area contributed by atoms with E-state index >= 15 is 0 Å². The summed E-state index contributed by atoms with van der Waals surface area (Å²) in [5.41, 5.74) is 2.38. The predicted octanol–water partition coefficient (Wildman–Crippen LogP) is 3.22. The molecule has 162 valence electrons. The number of esters is 1. The molecule has 1 saturated heterocycles. The van der Waals surface area contributed by atoms with E-state index in [-0.39, 0.29) is 17.2 Å². The zero-order valence-electron chi connectivity index (χ0n) is 17.7. The van der Waals surface area contributed by atoms with E-state index in [0.29, 0.717) is 0 Å². The van der Waals surface area contributed by atoms with Crippen molar-refractivity contribution in [3.8, 4) is 0 Å². The minimum atomic E-state index is -1.27. The van der Waals surface area contributed by atoms with E-state index in [4.69, 9.17) is 4.74 Å². The molecule has 1 fully saturated rings. The van der Waals surface area contributed by atoms with Gasteiger partial charge in [0.2, 0.25) is 11.8 Å². The summed E-state index contributed by atoms with van der Waals surface area (Å²) < 4.78 is 4.88. The Bertz CT molecular complexity index is 1330. The molecule has 4 aliphatic rings. The lowest BCUT2D eigenvalue weighted by Crippen LogP contribution is -2.54. The largest absolute Gasteiger partial charge is 0.465 e. The van der Waals surface area contributed by atoms with Gasteiger partial charge < -0.3 is 9.53 Å². The Morgan fingerprint density at radius 3 is 2.06 bits per heavy atom. The van der Waals surface area contributed by atoms with Crippen molar-refractivity contribution in [2.75, 3.05) is 12.0 Å². The van der Waals surface area contributed by atoms with Gasteiger partial charge in [0.15, 0.2) is 0 Å². The van der Waals surface area contributed by atoms with Crippen LogP contribution in [0, 0.1) is 11.8 Å². The van der Waals surface area contributed by atoms with Crippen LogP contribution in [-0.2, 0) is 24.5 Å². The molecule has 2 bridgehead atoms. The van der Waals surface area contributed by atoms with Gasteiger partial charge in [-0.2, -0.15) is 0 Å². The van der Waals surface area contributed by atoms with Gasteiger partial charge in [-0.1, -0.05) is 60.7 Å². The Morgan fingerprint density at radius 1 is 0.879 bits per heavy atom. The van der Waals surface area contributed by atoms with Crippen LogP contribution in [0.4, 0.5) is 5.69 Å². The van der Waals surface area contributed by atoms with Gasteiger partial charge in [-0.15, -0.1) is 0 Å². The second kappa shape index (κ2) is 6.72. The Hall–Kier alpha value is -4.06. The van der Waals surface area contributed by atoms with Crippen LogP contribution in [-0.4, -0.2) is 31.2 Å². The van der Waals surface area contributed by atoms with E-state index in [1.54, 1.807) is 18.2 Å². The third-order valence-electron chi connectivity index (χ3n) is 7.42. The highest BCUT2D eigenvalue weighted by Crippen LogP contribution is 2.63. The standard InChI is InChI=1S/C27H19NO5/c1-33-26(32)17-10-4-7-13-20(17)28-24(30)22-21-15-8-2-5-11-18(15)27(14-29,23(22)25(28)31)19-12-6-3-9-16(19)21/h2-14,21-23H,1H3/t21?,22-,23-,27?/m1/s1. The number of hydrogen-bond donors (Lipinski definition) is 0. The zero-order chi connectivity index (χ0) is 22.9. The molecule has 2 atom stereocenters. The van der Waals surface area contributed by atoms with Crippen LogP contribution in [0.5, 0.6) is 0 Å². The maximum absolute atomic E-state index is 14.0. The molecule has 2 amide bonds. The van der Waals surface area contributed by atoms with Crippen molar-refractivity contribution in [2.45, 2.75) is 11.3 Å². The second-order valence-electron chi connectivity index (χ2n) is 8.66. The molecule has 0 spiro atoms. The summed E-state index contributed by atoms with van der Waals surface area (Å²) in [6.45, 7) is 0. The van der Waals surface area contributed by atoms with Crippen molar-refractivity contribution >= 4 is 29.8 Å². The third-order valence-corrected chi connectivity index (χ3v) is 7.42. The van der Waals surface area contributed by atoms with Crippen LogP contribution in [0.3, 0.4) is 0 Å². The summed E-state index contributed by atoms with van der Waals surface area (Å²) in [5.74, 6) is -3.48. The lowest BCUT2D eigenvalue weighted by Gasteiger charge is -2.51. The fourth-order valence-electron chi connectivity index (χ4n) is 6.22. The van der Waals surface area contributed by atoms with Gasteiger partial charge in [0.25, 0.3) is 0 Å². The first kappa shape index (κ1) is 19.6. The molecule has 3 aromatic rings. The number of nitrogens with zero attached hydrogens (tertiary/aromatic N) is 1. The average Bonchev–Trinajstić information content (AvgIpc) is 3.14. The van der Waals surface area contributed by atoms with E-state index in [2.05, 4.69) is 0 Å². The summed E-state index contributed by atoms with van der Waals surface area (Å²) in [6.07, 6.45) is 0.832. The fraction of sp³-hybridized carbons (Fsp3) is 0.185. The number of aldehydes is 1. The van der Waals surface area contributed by atoms with Crippen LogP contribution < -0.4 is 4.90 Å². The van der Waals surface area contributed by atoms with Gasteiger partial charge in [-0.05, 0) is 34.4 Å². The van der Waals surface area contributed by atoms with Crippen molar-refractivity contribution in [3.05, 3.63) is 101 Å². The number of rotatable bonds is 3. The fourth-order valence-corrected chi connectivity index (χ4v) is 6.22. The number of carbonyl (C=O) groups is 4. The van der Waals surface area contributed by atoms with E-state index in [9.17, 15) is 19.2 Å². The van der Waals surface area contributed by atoms with Crippen molar-refractivity contribution in [3.63, 3.8) is 0 Å². The molecular formula is C27H19NO5. The van der Waals surface area contributed by atoms with Crippen molar-refractivity contribution in [2.24, 2.45) is 11.8 Å². The number of benzene rings is 3. The van der Waals surface area contributed by atoms with Gasteiger partial charge in [-0.3, -0.25) is 9.59 Å². The molecule has 0 radical (unpaired) electrons. The normalized spacial score (nSPS) is 26.5. The second-order valence-corrected chi connectivity index (χ2v) is 8.66. The molecular weight excluding hydrogens is 418 g/mol. The smallest absolute Gasteiger partial charge is 0.339 e. The Kier molecular flexibility index (Phi) is 3.99. The van der Waals surface area contributed by atoms with E-state index < -0.39 is 35.0 Å². The molecule has 33 heavy (non-hydrogen) atoms. The van der Waals surface area contributed by atoms with Crippen molar-refractivity contribution in [1.29, 1.82) is 0 Å². The Balaban J connectivity index is 1.62. The molecule has 0 unspecified atom stereocenters. The number of anilines is 1. The Morgan fingerprint density at radius 2 is 1.45 bits per heavy atom. The maximum atomic E-state index is 14.0. The summed E-state index contributed by atoms with van der Waals surface area (Å²) in [4.78, 5) is 54.4. The molecule has 6 nitrogen and oxygen atoms in total.